The maximum Gasteiger partial charge on any atom is 0.319 e. The van der Waals surface area contributed by atoms with Gasteiger partial charge in [-0.2, -0.15) is 0 Å². The zero-order valence-corrected chi connectivity index (χ0v) is 16.8. The average Bonchev–Trinajstić information content (AvgIpc) is 2.76. The number of rotatable bonds is 3. The van der Waals surface area contributed by atoms with Gasteiger partial charge in [-0.25, -0.2) is 9.18 Å². The standard InChI is InChI=1S/C20H30FN3O2/c1-13(2)12-20(14-8-10-15(21)11-9-14)17(25)23(7)16(19(3,4)5)24(20)18(26)22-6/h8-11,13,16H,12H2,1-7H3,(H,22,26)/t16-,20-/m0/s1. The molecule has 0 bridgehead atoms. The van der Waals surface area contributed by atoms with Gasteiger partial charge in [0.15, 0.2) is 5.54 Å². The van der Waals surface area contributed by atoms with Crippen molar-refractivity contribution in [2.45, 2.75) is 52.7 Å². The highest BCUT2D eigenvalue weighted by atomic mass is 19.1. The Labute approximate surface area is 155 Å². The number of nitrogens with one attached hydrogen (secondary N) is 1. The summed E-state index contributed by atoms with van der Waals surface area (Å²) < 4.78 is 13.5. The Balaban J connectivity index is 2.78. The van der Waals surface area contributed by atoms with Gasteiger partial charge in [-0.05, 0) is 30.0 Å². The molecule has 26 heavy (non-hydrogen) atoms. The molecular formula is C20H30FN3O2. The number of halogens is 1. The third kappa shape index (κ3) is 3.17. The third-order valence-corrected chi connectivity index (χ3v) is 4.93. The van der Waals surface area contributed by atoms with Crippen molar-refractivity contribution in [2.24, 2.45) is 11.3 Å². The largest absolute Gasteiger partial charge is 0.341 e. The lowest BCUT2D eigenvalue weighted by Gasteiger charge is -2.43. The fourth-order valence-electron chi connectivity index (χ4n) is 4.14. The van der Waals surface area contributed by atoms with E-state index in [1.165, 1.54) is 12.1 Å². The molecule has 0 radical (unpaired) electrons. The van der Waals surface area contributed by atoms with E-state index in [-0.39, 0.29) is 29.1 Å². The summed E-state index contributed by atoms with van der Waals surface area (Å²) >= 11 is 0. The molecular weight excluding hydrogens is 333 g/mol. The minimum absolute atomic E-state index is 0.138. The first-order chi connectivity index (χ1) is 12.0. The number of likely N-dealkylation sites (N-methyl/N-ethyl adjacent to an activating group) is 1. The van der Waals surface area contributed by atoms with Crippen LogP contribution in [0.15, 0.2) is 24.3 Å². The highest BCUT2D eigenvalue weighted by Crippen LogP contribution is 2.47. The van der Waals surface area contributed by atoms with Crippen LogP contribution in [0.25, 0.3) is 0 Å². The van der Waals surface area contributed by atoms with Gasteiger partial charge < -0.3 is 10.2 Å². The number of nitrogens with zero attached hydrogens (tertiary/aromatic N) is 2. The van der Waals surface area contributed by atoms with E-state index in [4.69, 9.17) is 0 Å². The van der Waals surface area contributed by atoms with Gasteiger partial charge in [-0.1, -0.05) is 46.8 Å². The molecule has 1 aromatic carbocycles. The Hall–Kier alpha value is -2.11. The number of carbonyl (C=O) groups is 2. The van der Waals surface area contributed by atoms with E-state index in [2.05, 4.69) is 5.32 Å². The topological polar surface area (TPSA) is 52.7 Å². The molecule has 1 aliphatic rings. The van der Waals surface area contributed by atoms with Crippen LogP contribution in [0.2, 0.25) is 0 Å². The van der Waals surface area contributed by atoms with Crippen LogP contribution >= 0.6 is 0 Å². The smallest absolute Gasteiger partial charge is 0.319 e. The number of amides is 3. The molecule has 6 heteroatoms. The monoisotopic (exact) mass is 363 g/mol. The molecule has 1 heterocycles. The zero-order valence-electron chi connectivity index (χ0n) is 16.8. The summed E-state index contributed by atoms with van der Waals surface area (Å²) in [7, 11) is 3.30. The molecule has 1 saturated heterocycles. The fraction of sp³-hybridized carbons (Fsp3) is 0.600. The normalized spacial score (nSPS) is 23.7. The summed E-state index contributed by atoms with van der Waals surface area (Å²) in [5, 5.41) is 2.69. The van der Waals surface area contributed by atoms with Crippen LogP contribution in [0, 0.1) is 17.2 Å². The second-order valence-electron chi connectivity index (χ2n) is 8.55. The molecule has 2 atom stereocenters. The Morgan fingerprint density at radius 3 is 2.23 bits per heavy atom. The number of hydrogen-bond acceptors (Lipinski definition) is 2. The van der Waals surface area contributed by atoms with E-state index in [0.29, 0.717) is 12.0 Å². The molecule has 1 aromatic rings. The molecule has 0 unspecified atom stereocenters. The van der Waals surface area contributed by atoms with Crippen LogP contribution in [0.1, 0.15) is 46.6 Å². The average molecular weight is 363 g/mol. The quantitative estimate of drug-likeness (QED) is 0.893. The molecule has 0 aliphatic carbocycles. The van der Waals surface area contributed by atoms with E-state index in [1.54, 1.807) is 36.0 Å². The minimum atomic E-state index is -1.16. The molecule has 0 saturated carbocycles. The van der Waals surface area contributed by atoms with Crippen molar-refractivity contribution in [1.82, 2.24) is 15.1 Å². The van der Waals surface area contributed by atoms with Crippen LogP contribution in [-0.2, 0) is 10.3 Å². The van der Waals surface area contributed by atoms with Crippen LogP contribution in [0.5, 0.6) is 0 Å². The Bertz CT molecular complexity index is 681. The van der Waals surface area contributed by atoms with Gasteiger partial charge in [0.25, 0.3) is 5.91 Å². The molecule has 1 aliphatic heterocycles. The summed E-state index contributed by atoms with van der Waals surface area (Å²) in [6.07, 6.45) is 0.0423. The molecule has 1 fully saturated rings. The van der Waals surface area contributed by atoms with E-state index in [1.807, 2.05) is 34.6 Å². The molecule has 3 amide bonds. The molecule has 2 rings (SSSR count). The zero-order chi connectivity index (χ0) is 19.9. The first-order valence-electron chi connectivity index (χ1n) is 9.01. The van der Waals surface area contributed by atoms with Gasteiger partial charge in [-0.15, -0.1) is 0 Å². The molecule has 0 aromatic heterocycles. The van der Waals surface area contributed by atoms with Crippen molar-refractivity contribution in [2.75, 3.05) is 14.1 Å². The van der Waals surface area contributed by atoms with Gasteiger partial charge in [0.05, 0.1) is 0 Å². The number of carbonyl (C=O) groups excluding carboxylic acids is 2. The summed E-state index contributed by atoms with van der Waals surface area (Å²) in [6, 6.07) is 5.61. The number of hydrogen-bond donors (Lipinski definition) is 1. The highest BCUT2D eigenvalue weighted by Gasteiger charge is 2.61. The van der Waals surface area contributed by atoms with Crippen molar-refractivity contribution in [3.8, 4) is 0 Å². The highest BCUT2D eigenvalue weighted by molar-refractivity contribution is 5.95. The first kappa shape index (κ1) is 20.2. The molecule has 1 N–H and O–H groups in total. The van der Waals surface area contributed by atoms with Crippen molar-refractivity contribution >= 4 is 11.9 Å². The number of urea groups is 1. The lowest BCUT2D eigenvalue weighted by molar-refractivity contribution is -0.134. The first-order valence-corrected chi connectivity index (χ1v) is 9.01. The predicted octanol–water partition coefficient (Wildman–Crippen LogP) is 3.55. The maximum absolute atomic E-state index is 13.5. The van der Waals surface area contributed by atoms with Crippen LogP contribution in [0.4, 0.5) is 9.18 Å². The van der Waals surface area contributed by atoms with Crippen molar-refractivity contribution in [3.05, 3.63) is 35.6 Å². The lowest BCUT2D eigenvalue weighted by Crippen LogP contribution is -2.57. The van der Waals surface area contributed by atoms with E-state index in [9.17, 15) is 14.0 Å². The molecule has 5 nitrogen and oxygen atoms in total. The van der Waals surface area contributed by atoms with E-state index in [0.717, 1.165) is 0 Å². The second kappa shape index (κ2) is 6.89. The molecule has 0 spiro atoms. The Morgan fingerprint density at radius 1 is 1.27 bits per heavy atom. The lowest BCUT2D eigenvalue weighted by atomic mass is 9.80. The van der Waals surface area contributed by atoms with Crippen molar-refractivity contribution in [3.63, 3.8) is 0 Å². The Kier molecular flexibility index (Phi) is 5.36. The van der Waals surface area contributed by atoms with Gasteiger partial charge in [0, 0.05) is 19.5 Å². The summed E-state index contributed by atoms with van der Waals surface area (Å²) in [5.41, 5.74) is -0.871. The minimum Gasteiger partial charge on any atom is -0.341 e. The molecule has 144 valence electrons. The second-order valence-corrected chi connectivity index (χ2v) is 8.55. The van der Waals surface area contributed by atoms with E-state index >= 15 is 0 Å². The summed E-state index contributed by atoms with van der Waals surface area (Å²) in [6.45, 7) is 10.1. The van der Waals surface area contributed by atoms with Crippen molar-refractivity contribution in [1.29, 1.82) is 0 Å². The summed E-state index contributed by atoms with van der Waals surface area (Å²) in [4.78, 5) is 29.8. The maximum atomic E-state index is 13.5. The number of benzene rings is 1. The van der Waals surface area contributed by atoms with Gasteiger partial charge in [0.1, 0.15) is 12.0 Å². The van der Waals surface area contributed by atoms with Crippen LogP contribution in [0.3, 0.4) is 0 Å². The summed E-state index contributed by atoms with van der Waals surface area (Å²) in [5.74, 6) is -0.351. The fourth-order valence-corrected chi connectivity index (χ4v) is 4.14. The van der Waals surface area contributed by atoms with E-state index < -0.39 is 11.7 Å². The van der Waals surface area contributed by atoms with Gasteiger partial charge in [-0.3, -0.25) is 9.69 Å². The SMILES string of the molecule is CNC(=O)N1[C@@H](C(C)(C)C)N(C)C(=O)[C@]1(CC(C)C)c1ccc(F)cc1. The predicted molar refractivity (Wildman–Crippen MR) is 99.8 cm³/mol. The van der Waals surface area contributed by atoms with Crippen LogP contribution in [-0.4, -0.2) is 42.0 Å². The Morgan fingerprint density at radius 2 is 1.81 bits per heavy atom. The van der Waals surface area contributed by atoms with Gasteiger partial charge >= 0.3 is 6.03 Å². The van der Waals surface area contributed by atoms with Crippen LogP contribution < -0.4 is 5.32 Å². The third-order valence-electron chi connectivity index (χ3n) is 4.93. The van der Waals surface area contributed by atoms with Gasteiger partial charge in [0.2, 0.25) is 0 Å². The van der Waals surface area contributed by atoms with Crippen molar-refractivity contribution < 1.29 is 14.0 Å².